The van der Waals surface area contributed by atoms with Gasteiger partial charge in [0.15, 0.2) is 5.82 Å². The van der Waals surface area contributed by atoms with E-state index in [9.17, 15) is 0 Å². The van der Waals surface area contributed by atoms with E-state index in [1.807, 2.05) is 24.5 Å². The summed E-state index contributed by atoms with van der Waals surface area (Å²) in [7, 11) is 1.67. The maximum atomic E-state index is 5.14. The van der Waals surface area contributed by atoms with Crippen LogP contribution in [0.2, 0.25) is 0 Å². The van der Waals surface area contributed by atoms with E-state index in [1.165, 1.54) is 24.1 Å². The van der Waals surface area contributed by atoms with Gasteiger partial charge in [0.1, 0.15) is 6.61 Å². The molecule has 1 unspecified atom stereocenters. The molecule has 0 saturated carbocycles. The van der Waals surface area contributed by atoms with Gasteiger partial charge in [-0.05, 0) is 44.0 Å². The fourth-order valence-corrected chi connectivity index (χ4v) is 3.18. The van der Waals surface area contributed by atoms with E-state index in [1.54, 1.807) is 7.11 Å². The van der Waals surface area contributed by atoms with Crippen LogP contribution in [0.25, 0.3) is 0 Å². The molecule has 1 saturated heterocycles. The van der Waals surface area contributed by atoms with Gasteiger partial charge in [-0.2, -0.15) is 0 Å². The van der Waals surface area contributed by atoms with Gasteiger partial charge in [-0.1, -0.05) is 6.07 Å². The van der Waals surface area contributed by atoms with Crippen molar-refractivity contribution >= 4 is 0 Å². The minimum absolute atomic E-state index is 0.464. The molecule has 1 aliphatic rings. The van der Waals surface area contributed by atoms with Crippen LogP contribution in [0.15, 0.2) is 30.6 Å². The van der Waals surface area contributed by atoms with Crippen LogP contribution < -0.4 is 0 Å². The number of methoxy groups -OCH3 is 1. The van der Waals surface area contributed by atoms with Crippen LogP contribution in [0.3, 0.4) is 0 Å². The predicted octanol–water partition coefficient (Wildman–Crippen LogP) is 2.71. The van der Waals surface area contributed by atoms with Crippen molar-refractivity contribution in [2.75, 3.05) is 20.2 Å². The Morgan fingerprint density at radius 2 is 2.17 bits per heavy atom. The van der Waals surface area contributed by atoms with E-state index in [4.69, 9.17) is 4.74 Å². The second-order valence-electron chi connectivity index (χ2n) is 6.17. The lowest BCUT2D eigenvalue weighted by Crippen LogP contribution is -2.34. The van der Waals surface area contributed by atoms with E-state index >= 15 is 0 Å². The Kier molecular flexibility index (Phi) is 5.31. The summed E-state index contributed by atoms with van der Waals surface area (Å²) in [6.07, 6.45) is 6.10. The molecule has 5 heteroatoms. The highest BCUT2D eigenvalue weighted by atomic mass is 16.5. The highest BCUT2D eigenvalue weighted by molar-refractivity contribution is 5.18. The Labute approximate surface area is 137 Å². The highest BCUT2D eigenvalue weighted by Gasteiger charge is 2.23. The predicted molar refractivity (Wildman–Crippen MR) is 89.0 cm³/mol. The first-order valence-electron chi connectivity index (χ1n) is 8.20. The number of ether oxygens (including phenoxy) is 1. The van der Waals surface area contributed by atoms with Crippen LogP contribution >= 0.6 is 0 Å². The number of aryl methyl sites for hydroxylation is 1. The summed E-state index contributed by atoms with van der Waals surface area (Å²) < 4.78 is 5.14. The third-order valence-electron chi connectivity index (χ3n) is 4.42. The van der Waals surface area contributed by atoms with Gasteiger partial charge in [0.2, 0.25) is 0 Å². The lowest BCUT2D eigenvalue weighted by molar-refractivity contribution is 0.175. The Balaban J connectivity index is 1.68. The summed E-state index contributed by atoms with van der Waals surface area (Å²) in [6.45, 7) is 5.67. The molecule has 1 fully saturated rings. The van der Waals surface area contributed by atoms with Gasteiger partial charge < -0.3 is 4.74 Å². The molecule has 0 aromatic carbocycles. The second kappa shape index (κ2) is 7.62. The van der Waals surface area contributed by atoms with Crippen LogP contribution in [0.4, 0.5) is 0 Å². The fourth-order valence-electron chi connectivity index (χ4n) is 3.18. The molecule has 23 heavy (non-hydrogen) atoms. The summed E-state index contributed by atoms with van der Waals surface area (Å²) in [5.41, 5.74) is 3.57. The molecular formula is C18H24N4O. The Morgan fingerprint density at radius 1 is 1.26 bits per heavy atom. The third-order valence-corrected chi connectivity index (χ3v) is 4.42. The summed E-state index contributed by atoms with van der Waals surface area (Å²) in [5, 5.41) is 0. The van der Waals surface area contributed by atoms with Gasteiger partial charge >= 0.3 is 0 Å². The second-order valence-corrected chi connectivity index (χ2v) is 6.17. The van der Waals surface area contributed by atoms with Crippen LogP contribution in [0.1, 0.15) is 41.5 Å². The molecule has 0 bridgehead atoms. The molecule has 122 valence electrons. The van der Waals surface area contributed by atoms with Gasteiger partial charge in [0.25, 0.3) is 0 Å². The van der Waals surface area contributed by atoms with E-state index in [0.717, 1.165) is 31.2 Å². The topological polar surface area (TPSA) is 51.1 Å². The number of nitrogens with zero attached hydrogens (tertiary/aromatic N) is 4. The van der Waals surface area contributed by atoms with Crippen molar-refractivity contribution in [2.45, 2.75) is 38.8 Å². The first-order valence-corrected chi connectivity index (χ1v) is 8.20. The molecule has 3 rings (SSSR count). The standard InChI is InChI=1S/C18H24N4O/c1-14-5-3-8-19-17(14)12-22-10-4-6-15(11-22)16-7-9-20-18(21-16)13-23-2/h3,5,7-9,15H,4,6,10-13H2,1-2H3. The first-order chi connectivity index (χ1) is 11.3. The lowest BCUT2D eigenvalue weighted by atomic mass is 9.94. The van der Waals surface area contributed by atoms with Gasteiger partial charge in [-0.15, -0.1) is 0 Å². The van der Waals surface area contributed by atoms with E-state index < -0.39 is 0 Å². The molecule has 1 aliphatic heterocycles. The Hall–Kier alpha value is -1.85. The van der Waals surface area contributed by atoms with Crippen molar-refractivity contribution in [3.8, 4) is 0 Å². The van der Waals surface area contributed by atoms with E-state index in [0.29, 0.717) is 12.5 Å². The highest BCUT2D eigenvalue weighted by Crippen LogP contribution is 2.26. The third kappa shape index (κ3) is 4.12. The average Bonchev–Trinajstić information content (AvgIpc) is 2.58. The summed E-state index contributed by atoms with van der Waals surface area (Å²) in [4.78, 5) is 15.9. The van der Waals surface area contributed by atoms with Crippen molar-refractivity contribution in [1.82, 2.24) is 19.9 Å². The minimum atomic E-state index is 0.464. The lowest BCUT2D eigenvalue weighted by Gasteiger charge is -2.32. The number of pyridine rings is 1. The number of rotatable bonds is 5. The van der Waals surface area contributed by atoms with Crippen LogP contribution in [0.5, 0.6) is 0 Å². The zero-order valence-corrected chi connectivity index (χ0v) is 13.9. The molecule has 2 aromatic rings. The van der Waals surface area contributed by atoms with Crippen molar-refractivity contribution in [3.63, 3.8) is 0 Å². The molecule has 5 nitrogen and oxygen atoms in total. The van der Waals surface area contributed by atoms with Crippen molar-refractivity contribution in [2.24, 2.45) is 0 Å². The number of aromatic nitrogens is 3. The quantitative estimate of drug-likeness (QED) is 0.849. The maximum Gasteiger partial charge on any atom is 0.154 e. The zero-order valence-electron chi connectivity index (χ0n) is 13.9. The van der Waals surface area contributed by atoms with E-state index in [2.05, 4.69) is 32.8 Å². The van der Waals surface area contributed by atoms with Crippen molar-refractivity contribution < 1.29 is 4.74 Å². The number of hydrogen-bond donors (Lipinski definition) is 0. The summed E-state index contributed by atoms with van der Waals surface area (Å²) >= 11 is 0. The molecule has 0 aliphatic carbocycles. The monoisotopic (exact) mass is 312 g/mol. The van der Waals surface area contributed by atoms with Gasteiger partial charge in [-0.3, -0.25) is 9.88 Å². The van der Waals surface area contributed by atoms with Crippen LogP contribution in [-0.4, -0.2) is 40.1 Å². The first kappa shape index (κ1) is 16.0. The molecule has 0 N–H and O–H groups in total. The molecule has 0 spiro atoms. The van der Waals surface area contributed by atoms with Crippen molar-refractivity contribution in [3.05, 3.63) is 53.4 Å². The number of piperidine rings is 1. The molecule has 3 heterocycles. The zero-order chi connectivity index (χ0) is 16.1. The summed E-state index contributed by atoms with van der Waals surface area (Å²) in [5.74, 6) is 1.23. The smallest absolute Gasteiger partial charge is 0.154 e. The maximum absolute atomic E-state index is 5.14. The average molecular weight is 312 g/mol. The van der Waals surface area contributed by atoms with E-state index in [-0.39, 0.29) is 0 Å². The Bertz CT molecular complexity index is 646. The number of hydrogen-bond acceptors (Lipinski definition) is 5. The largest absolute Gasteiger partial charge is 0.377 e. The normalized spacial score (nSPS) is 19.0. The van der Waals surface area contributed by atoms with Gasteiger partial charge in [0, 0.05) is 44.2 Å². The van der Waals surface area contributed by atoms with Crippen molar-refractivity contribution in [1.29, 1.82) is 0 Å². The van der Waals surface area contributed by atoms with Gasteiger partial charge in [-0.25, -0.2) is 9.97 Å². The van der Waals surface area contributed by atoms with Crippen LogP contribution in [0, 0.1) is 6.92 Å². The summed E-state index contributed by atoms with van der Waals surface area (Å²) in [6, 6.07) is 6.17. The SMILES string of the molecule is COCc1nccc(C2CCCN(Cc3ncccc3C)C2)n1. The molecule has 1 atom stereocenters. The fraction of sp³-hybridized carbons (Fsp3) is 0.500. The molecule has 2 aromatic heterocycles. The van der Waals surface area contributed by atoms with Crippen LogP contribution in [-0.2, 0) is 17.9 Å². The molecule has 0 amide bonds. The van der Waals surface area contributed by atoms with Gasteiger partial charge in [0.05, 0.1) is 5.69 Å². The minimum Gasteiger partial charge on any atom is -0.377 e. The molecule has 0 radical (unpaired) electrons. The Morgan fingerprint density at radius 3 is 3.00 bits per heavy atom. The number of likely N-dealkylation sites (tertiary alicyclic amines) is 1. The molecular weight excluding hydrogens is 288 g/mol.